The van der Waals surface area contributed by atoms with Crippen LogP contribution in [0.5, 0.6) is 0 Å². The van der Waals surface area contributed by atoms with Crippen LogP contribution in [0.4, 0.5) is 0 Å². The van der Waals surface area contributed by atoms with Gasteiger partial charge in [0.1, 0.15) is 4.91 Å². The molecule has 1 aromatic carbocycles. The first-order chi connectivity index (χ1) is 7.95. The summed E-state index contributed by atoms with van der Waals surface area (Å²) in [5.41, 5.74) is 8.34. The van der Waals surface area contributed by atoms with E-state index in [2.05, 4.69) is 4.79 Å². The van der Waals surface area contributed by atoms with Gasteiger partial charge in [-0.15, -0.1) is 12.4 Å². The maximum atomic E-state index is 11.7. The van der Waals surface area contributed by atoms with E-state index in [-0.39, 0.29) is 23.5 Å². The summed E-state index contributed by atoms with van der Waals surface area (Å²) in [6, 6.07) is 5.85. The van der Waals surface area contributed by atoms with Crippen LogP contribution in [0.1, 0.15) is 15.9 Å². The van der Waals surface area contributed by atoms with Crippen molar-refractivity contribution in [2.45, 2.75) is 0 Å². The minimum Gasteiger partial charge on any atom is -0.361 e. The predicted molar refractivity (Wildman–Crippen MR) is 66.2 cm³/mol. The van der Waals surface area contributed by atoms with Gasteiger partial charge in [-0.3, -0.25) is 9.35 Å². The Bertz CT molecular complexity index is 702. The fourth-order valence-corrected chi connectivity index (χ4v) is 2.31. The summed E-state index contributed by atoms with van der Waals surface area (Å²) in [6.07, 6.45) is 0.833. The number of Topliss-reactive ketones (excluding diaryl/α,β-unsaturated/α-hetero) is 1. The van der Waals surface area contributed by atoms with E-state index in [1.165, 1.54) is 18.2 Å². The first-order valence-electron chi connectivity index (χ1n) is 4.50. The Kier molecular flexibility index (Phi) is 3.83. The molecule has 0 amide bonds. The molecule has 1 aliphatic rings. The number of halogens is 1. The van der Waals surface area contributed by atoms with Crippen molar-refractivity contribution in [3.8, 4) is 0 Å². The Hall–Kier alpha value is -1.79. The largest absolute Gasteiger partial charge is 0.364 e. The van der Waals surface area contributed by atoms with Gasteiger partial charge in [-0.05, 0) is 0 Å². The van der Waals surface area contributed by atoms with Crippen molar-refractivity contribution in [2.75, 3.05) is 0 Å². The van der Waals surface area contributed by atoms with Gasteiger partial charge < -0.3 is 5.53 Å². The summed E-state index contributed by atoms with van der Waals surface area (Å²) in [4.78, 5) is 14.0. The van der Waals surface area contributed by atoms with Gasteiger partial charge in [0.2, 0.25) is 0 Å². The molecule has 0 spiro atoms. The minimum absolute atomic E-state index is 0. The number of fused-ring (bicyclic) bond motifs is 1. The number of carbonyl (C=O) groups is 1. The molecule has 0 atom stereocenters. The van der Waals surface area contributed by atoms with Crippen LogP contribution in [0.3, 0.4) is 0 Å². The second-order valence-corrected chi connectivity index (χ2v) is 4.73. The van der Waals surface area contributed by atoms with Crippen molar-refractivity contribution >= 4 is 38.9 Å². The highest BCUT2D eigenvalue weighted by molar-refractivity contribution is 7.95. The van der Waals surface area contributed by atoms with Crippen LogP contribution in [0.2, 0.25) is 0 Å². The summed E-state index contributed by atoms with van der Waals surface area (Å²) in [7, 11) is -4.49. The molecular formula is C10H7ClN2O4S. The number of hydrogen-bond acceptors (Lipinski definition) is 3. The van der Waals surface area contributed by atoms with Gasteiger partial charge in [0.15, 0.2) is 0 Å². The number of nitrogens with zero attached hydrogens (tertiary/aromatic N) is 2. The zero-order valence-electron chi connectivity index (χ0n) is 8.77. The topological polar surface area (TPSA) is 108 Å². The van der Waals surface area contributed by atoms with Crippen molar-refractivity contribution in [1.29, 1.82) is 0 Å². The maximum absolute atomic E-state index is 11.7. The van der Waals surface area contributed by atoms with Gasteiger partial charge in [0, 0.05) is 11.1 Å². The third-order valence-electron chi connectivity index (χ3n) is 2.32. The first-order valence-corrected chi connectivity index (χ1v) is 5.94. The summed E-state index contributed by atoms with van der Waals surface area (Å²) < 4.78 is 31.4. The molecule has 6 nitrogen and oxygen atoms in total. The molecule has 0 radical (unpaired) electrons. The van der Waals surface area contributed by atoms with Crippen molar-refractivity contribution in [1.82, 2.24) is 0 Å². The maximum Gasteiger partial charge on any atom is 0.364 e. The van der Waals surface area contributed by atoms with Crippen LogP contribution in [-0.4, -0.2) is 29.3 Å². The standard InChI is InChI=1S/C10H6N2O4S.ClH/c11-12-8-5-9(17(14,15)16)6-3-1-2-4-7(6)10(8)13;/h1-5H,(H,14,15,16);1H. The van der Waals surface area contributed by atoms with Crippen molar-refractivity contribution in [2.24, 2.45) is 0 Å². The monoisotopic (exact) mass is 286 g/mol. The second-order valence-electron chi connectivity index (χ2n) is 3.34. The highest BCUT2D eigenvalue weighted by atomic mass is 35.5. The molecule has 2 rings (SSSR count). The molecule has 1 aromatic rings. The molecule has 1 N–H and O–H groups in total. The van der Waals surface area contributed by atoms with Crippen molar-refractivity contribution in [3.63, 3.8) is 0 Å². The Labute approximate surface area is 109 Å². The Morgan fingerprint density at radius 3 is 2.22 bits per heavy atom. The molecule has 94 valence electrons. The molecule has 0 saturated carbocycles. The van der Waals surface area contributed by atoms with Gasteiger partial charge in [-0.2, -0.15) is 13.2 Å². The van der Waals surface area contributed by atoms with E-state index in [1.54, 1.807) is 6.07 Å². The Morgan fingerprint density at radius 2 is 1.72 bits per heavy atom. The van der Waals surface area contributed by atoms with E-state index < -0.39 is 26.5 Å². The number of benzene rings is 1. The van der Waals surface area contributed by atoms with Gasteiger partial charge in [0.05, 0.1) is 6.08 Å². The van der Waals surface area contributed by atoms with Crippen LogP contribution in [-0.2, 0) is 10.1 Å². The molecule has 18 heavy (non-hydrogen) atoms. The summed E-state index contributed by atoms with van der Waals surface area (Å²) in [5, 5.41) is 0. The van der Waals surface area contributed by atoms with Crippen LogP contribution >= 0.6 is 12.4 Å². The average Bonchev–Trinajstić information content (AvgIpc) is 2.28. The van der Waals surface area contributed by atoms with Crippen LogP contribution in [0.15, 0.2) is 30.3 Å². The molecule has 0 heterocycles. The summed E-state index contributed by atoms with van der Waals surface area (Å²) in [6.45, 7) is 0. The number of carbonyl (C=O) groups excluding carboxylic acids is 1. The molecule has 0 saturated heterocycles. The van der Waals surface area contributed by atoms with E-state index >= 15 is 0 Å². The molecule has 1 aliphatic carbocycles. The number of rotatable bonds is 1. The third kappa shape index (κ3) is 2.25. The Balaban J connectivity index is 0.00000162. The van der Waals surface area contributed by atoms with E-state index in [0.29, 0.717) is 0 Å². The van der Waals surface area contributed by atoms with Gasteiger partial charge in [-0.1, -0.05) is 24.3 Å². The van der Waals surface area contributed by atoms with Crippen molar-refractivity contribution in [3.05, 3.63) is 47.0 Å². The van der Waals surface area contributed by atoms with E-state index in [9.17, 15) is 13.2 Å². The smallest absolute Gasteiger partial charge is 0.361 e. The lowest BCUT2D eigenvalue weighted by molar-refractivity contribution is -0.00437. The fraction of sp³-hybridized carbons (Fsp3) is 0. The minimum atomic E-state index is -4.49. The van der Waals surface area contributed by atoms with Gasteiger partial charge in [-0.25, -0.2) is 0 Å². The SMILES string of the molecule is Cl.[N-]=[N+]=C1C=C(S(=O)(=O)O)c2ccccc2C1=O. The summed E-state index contributed by atoms with van der Waals surface area (Å²) in [5.74, 6) is -0.601. The first kappa shape index (κ1) is 14.3. The molecule has 0 aromatic heterocycles. The van der Waals surface area contributed by atoms with Gasteiger partial charge >= 0.3 is 5.71 Å². The zero-order chi connectivity index (χ0) is 12.6. The van der Waals surface area contributed by atoms with Crippen LogP contribution < -0.4 is 0 Å². The quantitative estimate of drug-likeness (QED) is 0.475. The van der Waals surface area contributed by atoms with E-state index in [0.717, 1.165) is 6.08 Å². The fourth-order valence-electron chi connectivity index (χ4n) is 1.59. The van der Waals surface area contributed by atoms with Crippen LogP contribution in [0, 0.1) is 0 Å². The lowest BCUT2D eigenvalue weighted by Gasteiger charge is -2.11. The third-order valence-corrected chi connectivity index (χ3v) is 3.22. The Morgan fingerprint density at radius 1 is 1.17 bits per heavy atom. The predicted octanol–water partition coefficient (Wildman–Crippen LogP) is 1.20. The molecule has 0 fully saturated rings. The summed E-state index contributed by atoms with van der Waals surface area (Å²) >= 11 is 0. The second kappa shape index (κ2) is 4.83. The normalized spacial score (nSPS) is 14.2. The lowest BCUT2D eigenvalue weighted by Crippen LogP contribution is -2.22. The number of allylic oxidation sites excluding steroid dienone is 1. The zero-order valence-corrected chi connectivity index (χ0v) is 10.4. The average molecular weight is 287 g/mol. The highest BCUT2D eigenvalue weighted by Gasteiger charge is 2.34. The highest BCUT2D eigenvalue weighted by Crippen LogP contribution is 2.28. The van der Waals surface area contributed by atoms with Gasteiger partial charge in [0.25, 0.3) is 15.9 Å². The molecular weight excluding hydrogens is 280 g/mol. The number of hydrogen-bond donors (Lipinski definition) is 1. The van der Waals surface area contributed by atoms with E-state index in [4.69, 9.17) is 10.1 Å². The van der Waals surface area contributed by atoms with E-state index in [1.807, 2.05) is 0 Å². The molecule has 0 aliphatic heterocycles. The number of ketones is 1. The molecule has 0 unspecified atom stereocenters. The molecule has 8 heteroatoms. The van der Waals surface area contributed by atoms with Crippen molar-refractivity contribution < 1.29 is 22.6 Å². The lowest BCUT2D eigenvalue weighted by atomic mass is 9.95. The van der Waals surface area contributed by atoms with Crippen LogP contribution in [0.25, 0.3) is 10.4 Å². The molecule has 0 bridgehead atoms.